The number of pyridine rings is 3. The standard InChI is InChI=1S/C24H25N5O/c1-15-6-7-22(26-12-15)28-20-10-17-11-21(20)29(14-17)24(30)18-9-16(2)13-27-23(18)19-5-3-4-8-25-19/h3-9,12-13,17,20-21H,10-11,14H2,1-2H3,(H,26,28). The molecule has 1 saturated carbocycles. The lowest BCUT2D eigenvalue weighted by molar-refractivity contribution is 0.0692. The minimum absolute atomic E-state index is 0.0442. The molecule has 0 radical (unpaired) electrons. The van der Waals surface area contributed by atoms with Gasteiger partial charge in [0, 0.05) is 31.2 Å². The summed E-state index contributed by atoms with van der Waals surface area (Å²) in [5, 5.41) is 3.56. The van der Waals surface area contributed by atoms with Gasteiger partial charge >= 0.3 is 0 Å². The number of carbonyl (C=O) groups excluding carboxylic acids is 1. The Balaban J connectivity index is 1.42. The molecule has 3 aromatic rings. The molecule has 2 bridgehead atoms. The first-order valence-corrected chi connectivity index (χ1v) is 10.5. The number of aromatic nitrogens is 3. The van der Waals surface area contributed by atoms with Crippen molar-refractivity contribution in [1.82, 2.24) is 19.9 Å². The van der Waals surface area contributed by atoms with E-state index in [2.05, 4.69) is 26.3 Å². The number of piperidine rings is 1. The number of anilines is 1. The zero-order valence-electron chi connectivity index (χ0n) is 17.2. The summed E-state index contributed by atoms with van der Waals surface area (Å²) >= 11 is 0. The average molecular weight is 399 g/mol. The van der Waals surface area contributed by atoms with Crippen LogP contribution in [0.25, 0.3) is 11.4 Å². The zero-order valence-corrected chi connectivity index (χ0v) is 17.2. The van der Waals surface area contributed by atoms with Gasteiger partial charge in [-0.05, 0) is 68.0 Å². The second-order valence-corrected chi connectivity index (χ2v) is 8.46. The lowest BCUT2D eigenvalue weighted by Gasteiger charge is -2.34. The van der Waals surface area contributed by atoms with Gasteiger partial charge in [0.1, 0.15) is 11.5 Å². The molecule has 3 aromatic heterocycles. The molecule has 1 N–H and O–H groups in total. The van der Waals surface area contributed by atoms with Gasteiger partial charge in [0.2, 0.25) is 0 Å². The maximum Gasteiger partial charge on any atom is 0.256 e. The second-order valence-electron chi connectivity index (χ2n) is 8.46. The number of carbonyl (C=O) groups is 1. The summed E-state index contributed by atoms with van der Waals surface area (Å²) in [6.07, 6.45) is 7.51. The molecule has 6 nitrogen and oxygen atoms in total. The number of likely N-dealkylation sites (tertiary alicyclic amines) is 1. The van der Waals surface area contributed by atoms with E-state index < -0.39 is 0 Å². The Morgan fingerprint density at radius 3 is 2.63 bits per heavy atom. The van der Waals surface area contributed by atoms with Crippen molar-refractivity contribution < 1.29 is 4.79 Å². The molecule has 0 aromatic carbocycles. The number of rotatable bonds is 4. The Morgan fingerprint density at radius 2 is 1.90 bits per heavy atom. The van der Waals surface area contributed by atoms with Crippen LogP contribution in [-0.2, 0) is 0 Å². The fourth-order valence-corrected chi connectivity index (χ4v) is 4.75. The van der Waals surface area contributed by atoms with E-state index in [0.29, 0.717) is 17.2 Å². The molecule has 5 rings (SSSR count). The number of amides is 1. The highest BCUT2D eigenvalue weighted by Crippen LogP contribution is 2.40. The summed E-state index contributed by atoms with van der Waals surface area (Å²) in [6.45, 7) is 4.80. The highest BCUT2D eigenvalue weighted by atomic mass is 16.2. The Hall–Kier alpha value is -3.28. The largest absolute Gasteiger partial charge is 0.365 e. The molecule has 6 heteroatoms. The molecular weight excluding hydrogens is 374 g/mol. The molecular formula is C24H25N5O. The summed E-state index contributed by atoms with van der Waals surface area (Å²) in [4.78, 5) is 29.1. The Morgan fingerprint density at radius 1 is 1.03 bits per heavy atom. The third kappa shape index (κ3) is 3.43. The van der Waals surface area contributed by atoms with E-state index in [9.17, 15) is 4.79 Å². The Bertz CT molecular complexity index is 1070. The van der Waals surface area contributed by atoms with Crippen molar-refractivity contribution in [3.63, 3.8) is 0 Å². The van der Waals surface area contributed by atoms with Gasteiger partial charge in [0.25, 0.3) is 5.91 Å². The van der Waals surface area contributed by atoms with E-state index in [4.69, 9.17) is 0 Å². The zero-order chi connectivity index (χ0) is 20.7. The lowest BCUT2D eigenvalue weighted by Crippen LogP contribution is -2.48. The predicted molar refractivity (Wildman–Crippen MR) is 116 cm³/mol. The van der Waals surface area contributed by atoms with Crippen LogP contribution in [0.1, 0.15) is 34.3 Å². The quantitative estimate of drug-likeness (QED) is 0.721. The second kappa shape index (κ2) is 7.52. The Kier molecular flexibility index (Phi) is 4.69. The van der Waals surface area contributed by atoms with Gasteiger partial charge in [-0.1, -0.05) is 12.1 Å². The molecule has 1 saturated heterocycles. The highest BCUT2D eigenvalue weighted by Gasteiger charge is 2.47. The fraction of sp³-hybridized carbons (Fsp3) is 0.333. The molecule has 1 aliphatic carbocycles. The molecule has 30 heavy (non-hydrogen) atoms. The molecule has 4 heterocycles. The van der Waals surface area contributed by atoms with Crippen LogP contribution in [0.3, 0.4) is 0 Å². The summed E-state index contributed by atoms with van der Waals surface area (Å²) < 4.78 is 0. The number of hydrogen-bond donors (Lipinski definition) is 1. The molecule has 2 fully saturated rings. The van der Waals surface area contributed by atoms with Crippen LogP contribution in [-0.4, -0.2) is 44.4 Å². The summed E-state index contributed by atoms with van der Waals surface area (Å²) in [5.41, 5.74) is 4.12. The van der Waals surface area contributed by atoms with Gasteiger partial charge in [-0.2, -0.15) is 0 Å². The van der Waals surface area contributed by atoms with E-state index in [1.807, 2.05) is 55.3 Å². The molecule has 3 atom stereocenters. The number of fused-ring (bicyclic) bond motifs is 2. The van der Waals surface area contributed by atoms with E-state index in [1.165, 1.54) is 0 Å². The summed E-state index contributed by atoms with van der Waals surface area (Å²) in [7, 11) is 0. The molecule has 0 spiro atoms. The minimum Gasteiger partial charge on any atom is -0.365 e. The van der Waals surface area contributed by atoms with E-state index in [0.717, 1.165) is 42.0 Å². The van der Waals surface area contributed by atoms with Crippen LogP contribution >= 0.6 is 0 Å². The van der Waals surface area contributed by atoms with Gasteiger partial charge in [0.05, 0.1) is 17.3 Å². The third-order valence-corrected chi connectivity index (χ3v) is 6.15. The van der Waals surface area contributed by atoms with Crippen molar-refractivity contribution in [3.05, 3.63) is 71.7 Å². The van der Waals surface area contributed by atoms with Crippen LogP contribution in [0, 0.1) is 19.8 Å². The van der Waals surface area contributed by atoms with Crippen molar-refractivity contribution in [1.29, 1.82) is 0 Å². The van der Waals surface area contributed by atoms with E-state index in [1.54, 1.807) is 12.4 Å². The van der Waals surface area contributed by atoms with Crippen molar-refractivity contribution in [2.24, 2.45) is 5.92 Å². The van der Waals surface area contributed by atoms with E-state index in [-0.39, 0.29) is 18.0 Å². The molecule has 152 valence electrons. The van der Waals surface area contributed by atoms with Gasteiger partial charge in [-0.25, -0.2) is 4.98 Å². The smallest absolute Gasteiger partial charge is 0.256 e. The van der Waals surface area contributed by atoms with Crippen LogP contribution in [0.15, 0.2) is 55.0 Å². The summed E-state index contributed by atoms with van der Waals surface area (Å²) in [5.74, 6) is 1.44. The maximum atomic E-state index is 13.6. The first-order valence-electron chi connectivity index (χ1n) is 10.5. The van der Waals surface area contributed by atoms with Gasteiger partial charge < -0.3 is 10.2 Å². The molecule has 2 aliphatic rings. The monoisotopic (exact) mass is 399 g/mol. The topological polar surface area (TPSA) is 71.0 Å². The Labute approximate surface area is 176 Å². The van der Waals surface area contributed by atoms with Crippen LogP contribution in [0.4, 0.5) is 5.82 Å². The highest BCUT2D eigenvalue weighted by molar-refractivity contribution is 6.00. The van der Waals surface area contributed by atoms with Gasteiger partial charge in [-0.15, -0.1) is 0 Å². The fourth-order valence-electron chi connectivity index (χ4n) is 4.75. The van der Waals surface area contributed by atoms with Crippen molar-refractivity contribution in [3.8, 4) is 11.4 Å². The molecule has 1 aliphatic heterocycles. The van der Waals surface area contributed by atoms with Crippen LogP contribution in [0.2, 0.25) is 0 Å². The van der Waals surface area contributed by atoms with Crippen molar-refractivity contribution >= 4 is 11.7 Å². The van der Waals surface area contributed by atoms with Crippen molar-refractivity contribution in [2.45, 2.75) is 38.8 Å². The number of nitrogens with zero attached hydrogens (tertiary/aromatic N) is 4. The van der Waals surface area contributed by atoms with Crippen LogP contribution < -0.4 is 5.32 Å². The lowest BCUT2D eigenvalue weighted by atomic mass is 10.0. The first kappa shape index (κ1) is 18.7. The SMILES string of the molecule is Cc1ccc(NC2CC3CC2N(C(=O)c2cc(C)cnc2-c2ccccn2)C3)nc1. The van der Waals surface area contributed by atoms with Crippen molar-refractivity contribution in [2.75, 3.05) is 11.9 Å². The average Bonchev–Trinajstić information content (AvgIpc) is 3.36. The normalized spacial score (nSPS) is 22.3. The van der Waals surface area contributed by atoms with Gasteiger partial charge in [0.15, 0.2) is 0 Å². The minimum atomic E-state index is 0.0442. The molecule has 1 amide bonds. The summed E-state index contributed by atoms with van der Waals surface area (Å²) in [6, 6.07) is 12.1. The van der Waals surface area contributed by atoms with Gasteiger partial charge in [-0.3, -0.25) is 14.8 Å². The molecule has 3 unspecified atom stereocenters. The van der Waals surface area contributed by atoms with E-state index >= 15 is 0 Å². The first-order chi connectivity index (χ1) is 14.6. The number of hydrogen-bond acceptors (Lipinski definition) is 5. The number of nitrogens with one attached hydrogen (secondary N) is 1. The maximum absolute atomic E-state index is 13.6. The number of aryl methyl sites for hydroxylation is 2. The van der Waals surface area contributed by atoms with Crippen LogP contribution in [0.5, 0.6) is 0 Å². The third-order valence-electron chi connectivity index (χ3n) is 6.15. The predicted octanol–water partition coefficient (Wildman–Crippen LogP) is 3.87.